The Balaban J connectivity index is 1.69. The van der Waals surface area contributed by atoms with Gasteiger partial charge in [-0.05, 0) is 49.2 Å². The van der Waals surface area contributed by atoms with Crippen molar-refractivity contribution in [2.75, 3.05) is 5.32 Å². The summed E-state index contributed by atoms with van der Waals surface area (Å²) in [4.78, 5) is 18.3. The molecular weight excluding hydrogens is 400 g/mol. The summed E-state index contributed by atoms with van der Waals surface area (Å²) in [5.74, 6) is 0.517. The third kappa shape index (κ3) is 3.45. The Morgan fingerprint density at radius 3 is 2.40 bits per heavy atom. The van der Waals surface area contributed by atoms with Crippen LogP contribution in [0.15, 0.2) is 59.4 Å². The standard InChI is InChI=1S/C22H21ClN6O/c23-15-11-13-18(14-12-15)29-20-19(26-27-29)21(30)28(17-9-5-2-6-10-17)22(25-20)24-16-7-3-1-4-8-16/h2,5-6,9-14,16H,1,3-4,7-8H2,(H,24,25). The molecule has 1 saturated carbocycles. The first-order valence-corrected chi connectivity index (χ1v) is 10.5. The summed E-state index contributed by atoms with van der Waals surface area (Å²) in [5, 5.41) is 12.5. The summed E-state index contributed by atoms with van der Waals surface area (Å²) in [7, 11) is 0. The highest BCUT2D eigenvalue weighted by Gasteiger charge is 2.21. The van der Waals surface area contributed by atoms with Gasteiger partial charge in [0.2, 0.25) is 5.95 Å². The van der Waals surface area contributed by atoms with E-state index in [9.17, 15) is 4.79 Å². The van der Waals surface area contributed by atoms with Crippen LogP contribution < -0.4 is 10.9 Å². The van der Waals surface area contributed by atoms with Gasteiger partial charge in [0.1, 0.15) is 0 Å². The van der Waals surface area contributed by atoms with Crippen molar-refractivity contribution >= 4 is 28.7 Å². The molecule has 0 unspecified atom stereocenters. The van der Waals surface area contributed by atoms with Gasteiger partial charge in [-0.2, -0.15) is 9.67 Å². The minimum atomic E-state index is -0.246. The van der Waals surface area contributed by atoms with Gasteiger partial charge in [0.15, 0.2) is 11.2 Å². The minimum absolute atomic E-state index is 0.225. The number of benzene rings is 2. The maximum absolute atomic E-state index is 13.4. The van der Waals surface area contributed by atoms with Gasteiger partial charge in [0, 0.05) is 11.1 Å². The molecule has 1 fully saturated rings. The first-order chi connectivity index (χ1) is 14.7. The number of anilines is 1. The molecule has 8 heteroatoms. The summed E-state index contributed by atoms with van der Waals surface area (Å²) >= 11 is 6.01. The fraction of sp³-hybridized carbons (Fsp3) is 0.273. The van der Waals surface area contributed by atoms with Crippen LogP contribution >= 0.6 is 11.6 Å². The summed E-state index contributed by atoms with van der Waals surface area (Å²) < 4.78 is 3.17. The second-order valence-corrected chi connectivity index (χ2v) is 7.98. The fourth-order valence-corrected chi connectivity index (χ4v) is 4.09. The molecule has 2 aromatic heterocycles. The molecular formula is C22H21ClN6O. The van der Waals surface area contributed by atoms with Crippen LogP contribution in [-0.2, 0) is 0 Å². The molecule has 1 N–H and O–H groups in total. The van der Waals surface area contributed by atoms with Gasteiger partial charge in [-0.3, -0.25) is 4.79 Å². The number of nitrogens with zero attached hydrogens (tertiary/aromatic N) is 5. The maximum Gasteiger partial charge on any atom is 0.289 e. The van der Waals surface area contributed by atoms with Crippen LogP contribution in [0.25, 0.3) is 22.5 Å². The molecule has 0 bridgehead atoms. The molecule has 0 atom stereocenters. The summed E-state index contributed by atoms with van der Waals surface area (Å²) in [5.41, 5.74) is 1.90. The molecule has 0 spiro atoms. The average Bonchev–Trinajstić information content (AvgIpc) is 3.20. The fourth-order valence-electron chi connectivity index (χ4n) is 3.97. The van der Waals surface area contributed by atoms with Crippen molar-refractivity contribution in [3.8, 4) is 11.4 Å². The van der Waals surface area contributed by atoms with Crippen molar-refractivity contribution in [2.45, 2.75) is 38.1 Å². The van der Waals surface area contributed by atoms with Crippen LogP contribution in [0, 0.1) is 0 Å². The third-order valence-electron chi connectivity index (χ3n) is 5.50. The molecule has 0 aliphatic heterocycles. The second-order valence-electron chi connectivity index (χ2n) is 7.54. The number of nitrogens with one attached hydrogen (secondary N) is 1. The number of aromatic nitrogens is 5. The Hall–Kier alpha value is -3.19. The van der Waals surface area contributed by atoms with Gasteiger partial charge in [-0.15, -0.1) is 5.10 Å². The first-order valence-electron chi connectivity index (χ1n) is 10.2. The number of fused-ring (bicyclic) bond motifs is 1. The van der Waals surface area contributed by atoms with Gasteiger partial charge < -0.3 is 5.32 Å². The lowest BCUT2D eigenvalue weighted by Crippen LogP contribution is -2.30. The lowest BCUT2D eigenvalue weighted by Gasteiger charge is -2.24. The van der Waals surface area contributed by atoms with Crippen LogP contribution in [0.4, 0.5) is 5.95 Å². The molecule has 2 heterocycles. The van der Waals surface area contributed by atoms with Crippen LogP contribution in [0.3, 0.4) is 0 Å². The number of hydrogen-bond acceptors (Lipinski definition) is 5. The Morgan fingerprint density at radius 1 is 0.933 bits per heavy atom. The lowest BCUT2D eigenvalue weighted by atomic mass is 9.96. The van der Waals surface area contributed by atoms with Crippen molar-refractivity contribution < 1.29 is 0 Å². The van der Waals surface area contributed by atoms with Gasteiger partial charge in [0.05, 0.1) is 11.4 Å². The molecule has 2 aromatic carbocycles. The zero-order valence-corrected chi connectivity index (χ0v) is 17.1. The zero-order valence-electron chi connectivity index (χ0n) is 16.3. The van der Waals surface area contributed by atoms with Crippen LogP contribution in [0.5, 0.6) is 0 Å². The topological polar surface area (TPSA) is 77.6 Å². The van der Waals surface area contributed by atoms with E-state index in [-0.39, 0.29) is 17.1 Å². The van der Waals surface area contributed by atoms with Crippen LogP contribution in [0.1, 0.15) is 32.1 Å². The van der Waals surface area contributed by atoms with Crippen molar-refractivity contribution in [2.24, 2.45) is 0 Å². The molecule has 1 aliphatic carbocycles. The van der Waals surface area contributed by atoms with E-state index in [1.54, 1.807) is 21.4 Å². The Morgan fingerprint density at radius 2 is 1.67 bits per heavy atom. The zero-order chi connectivity index (χ0) is 20.5. The van der Waals surface area contributed by atoms with E-state index in [1.807, 2.05) is 42.5 Å². The molecule has 1 aliphatic rings. The smallest absolute Gasteiger partial charge is 0.289 e. The molecule has 0 saturated heterocycles. The molecule has 152 valence electrons. The highest BCUT2D eigenvalue weighted by molar-refractivity contribution is 6.30. The van der Waals surface area contributed by atoms with E-state index in [0.29, 0.717) is 16.6 Å². The number of para-hydroxylation sites is 1. The molecule has 7 nitrogen and oxygen atoms in total. The lowest BCUT2D eigenvalue weighted by molar-refractivity contribution is 0.460. The highest BCUT2D eigenvalue weighted by Crippen LogP contribution is 2.23. The van der Waals surface area contributed by atoms with Crippen LogP contribution in [-0.4, -0.2) is 30.6 Å². The molecule has 30 heavy (non-hydrogen) atoms. The van der Waals surface area contributed by atoms with E-state index in [2.05, 4.69) is 15.6 Å². The summed E-state index contributed by atoms with van der Waals surface area (Å²) in [6.45, 7) is 0. The van der Waals surface area contributed by atoms with E-state index in [0.717, 1.165) is 24.2 Å². The Labute approximate surface area is 178 Å². The average molecular weight is 421 g/mol. The maximum atomic E-state index is 13.4. The van der Waals surface area contributed by atoms with E-state index < -0.39 is 0 Å². The molecule has 0 amide bonds. The normalized spacial score (nSPS) is 14.8. The first kappa shape index (κ1) is 18.8. The van der Waals surface area contributed by atoms with Gasteiger partial charge in [-0.25, -0.2) is 4.57 Å². The van der Waals surface area contributed by atoms with Gasteiger partial charge in [0.25, 0.3) is 5.56 Å². The van der Waals surface area contributed by atoms with E-state index >= 15 is 0 Å². The number of halogens is 1. The molecule has 4 aromatic rings. The summed E-state index contributed by atoms with van der Waals surface area (Å²) in [6.07, 6.45) is 5.75. The highest BCUT2D eigenvalue weighted by atomic mass is 35.5. The second kappa shape index (κ2) is 7.91. The molecule has 5 rings (SSSR count). The number of hydrogen-bond donors (Lipinski definition) is 1. The van der Waals surface area contributed by atoms with E-state index in [1.165, 1.54) is 19.3 Å². The number of rotatable bonds is 4. The third-order valence-corrected chi connectivity index (χ3v) is 5.75. The predicted molar refractivity (Wildman–Crippen MR) is 118 cm³/mol. The van der Waals surface area contributed by atoms with Gasteiger partial charge in [-0.1, -0.05) is 54.3 Å². The largest absolute Gasteiger partial charge is 0.352 e. The van der Waals surface area contributed by atoms with E-state index in [4.69, 9.17) is 16.6 Å². The monoisotopic (exact) mass is 420 g/mol. The Kier molecular flexibility index (Phi) is 4.96. The molecule has 0 radical (unpaired) electrons. The van der Waals surface area contributed by atoms with Crippen molar-refractivity contribution in [3.63, 3.8) is 0 Å². The van der Waals surface area contributed by atoms with Crippen LogP contribution in [0.2, 0.25) is 5.02 Å². The van der Waals surface area contributed by atoms with Crippen molar-refractivity contribution in [3.05, 3.63) is 70.0 Å². The van der Waals surface area contributed by atoms with Crippen molar-refractivity contribution in [1.29, 1.82) is 0 Å². The van der Waals surface area contributed by atoms with Crippen molar-refractivity contribution in [1.82, 2.24) is 24.5 Å². The minimum Gasteiger partial charge on any atom is -0.352 e. The SMILES string of the molecule is O=c1c2nnn(-c3ccc(Cl)cc3)c2nc(NC2CCCCC2)n1-c1ccccc1. The summed E-state index contributed by atoms with van der Waals surface area (Å²) in [6, 6.07) is 17.0. The quantitative estimate of drug-likeness (QED) is 0.530. The predicted octanol–water partition coefficient (Wildman–Crippen LogP) is 4.36. The van der Waals surface area contributed by atoms with Gasteiger partial charge >= 0.3 is 0 Å². The Bertz CT molecular complexity index is 1230.